The highest BCUT2D eigenvalue weighted by Gasteiger charge is 2.48. The Bertz CT molecular complexity index is 790. The van der Waals surface area contributed by atoms with E-state index in [-0.39, 0.29) is 6.10 Å². The van der Waals surface area contributed by atoms with E-state index >= 15 is 0 Å². The zero-order valence-electron chi connectivity index (χ0n) is 15.3. The van der Waals surface area contributed by atoms with E-state index in [4.69, 9.17) is 21.1 Å². The molecule has 1 spiro atoms. The highest BCUT2D eigenvalue weighted by atomic mass is 35.5. The van der Waals surface area contributed by atoms with E-state index in [2.05, 4.69) is 31.2 Å². The summed E-state index contributed by atoms with van der Waals surface area (Å²) in [5, 5.41) is 11.0. The van der Waals surface area contributed by atoms with Gasteiger partial charge in [-0.3, -0.25) is 0 Å². The Morgan fingerprint density at radius 1 is 1.15 bits per heavy atom. The Balaban J connectivity index is 1.69. The third-order valence-corrected chi connectivity index (χ3v) is 5.90. The van der Waals surface area contributed by atoms with Gasteiger partial charge in [-0.15, -0.1) is 0 Å². The summed E-state index contributed by atoms with van der Waals surface area (Å²) < 4.78 is 12.3. The van der Waals surface area contributed by atoms with Crippen molar-refractivity contribution in [2.75, 3.05) is 0 Å². The van der Waals surface area contributed by atoms with Crippen molar-refractivity contribution in [3.05, 3.63) is 69.2 Å². The molecule has 138 valence electrons. The summed E-state index contributed by atoms with van der Waals surface area (Å²) in [5.41, 5.74) is 5.79. The van der Waals surface area contributed by atoms with E-state index in [0.717, 1.165) is 34.6 Å². The number of aliphatic hydroxyl groups excluding tert-OH is 1. The van der Waals surface area contributed by atoms with Crippen LogP contribution in [0.1, 0.15) is 54.5 Å². The zero-order valence-corrected chi connectivity index (χ0v) is 16.1. The lowest BCUT2D eigenvalue weighted by molar-refractivity contribution is -0.295. The third kappa shape index (κ3) is 3.18. The molecule has 3 unspecified atom stereocenters. The number of halogens is 1. The van der Waals surface area contributed by atoms with E-state index in [1.807, 2.05) is 19.1 Å². The Kier molecular flexibility index (Phi) is 4.83. The molecule has 4 heteroatoms. The molecule has 0 amide bonds. The minimum atomic E-state index is -0.835. The number of aliphatic hydroxyl groups is 1. The van der Waals surface area contributed by atoms with E-state index in [9.17, 15) is 5.11 Å². The zero-order chi connectivity index (χ0) is 18.3. The molecule has 4 rings (SSSR count). The highest BCUT2D eigenvalue weighted by molar-refractivity contribution is 6.31. The SMILES string of the molecule is CCc1ccc(Cc2c(Cl)ccc3c2COC32CC(O)CC(C)O2)cc1. The number of ether oxygens (including phenoxy) is 2. The number of hydrogen-bond acceptors (Lipinski definition) is 3. The minimum Gasteiger partial charge on any atom is -0.393 e. The molecule has 0 bridgehead atoms. The van der Waals surface area contributed by atoms with Crippen LogP contribution in [0.4, 0.5) is 0 Å². The topological polar surface area (TPSA) is 38.7 Å². The molecule has 2 aliphatic heterocycles. The summed E-state index contributed by atoms with van der Waals surface area (Å²) in [5.74, 6) is -0.835. The lowest BCUT2D eigenvalue weighted by Crippen LogP contribution is -2.42. The summed E-state index contributed by atoms with van der Waals surface area (Å²) in [6.45, 7) is 4.61. The molecule has 3 nitrogen and oxygen atoms in total. The van der Waals surface area contributed by atoms with Crippen molar-refractivity contribution in [2.24, 2.45) is 0 Å². The van der Waals surface area contributed by atoms with Crippen LogP contribution in [0.2, 0.25) is 5.02 Å². The van der Waals surface area contributed by atoms with Gasteiger partial charge in [-0.1, -0.05) is 48.9 Å². The van der Waals surface area contributed by atoms with Crippen molar-refractivity contribution in [3.8, 4) is 0 Å². The minimum absolute atomic E-state index is 0.0367. The van der Waals surface area contributed by atoms with Crippen LogP contribution in [0.3, 0.4) is 0 Å². The number of benzene rings is 2. The second-order valence-electron chi connectivity index (χ2n) is 7.46. The van der Waals surface area contributed by atoms with Crippen LogP contribution < -0.4 is 0 Å². The molecule has 0 aliphatic carbocycles. The number of hydrogen-bond donors (Lipinski definition) is 1. The molecular formula is C22H25ClO3. The first-order valence-corrected chi connectivity index (χ1v) is 9.77. The maximum absolute atomic E-state index is 10.3. The van der Waals surface area contributed by atoms with Gasteiger partial charge in [0.1, 0.15) is 0 Å². The van der Waals surface area contributed by atoms with E-state index in [0.29, 0.717) is 19.4 Å². The van der Waals surface area contributed by atoms with E-state index in [1.54, 1.807) is 0 Å². The average Bonchev–Trinajstić information content (AvgIpc) is 2.94. The molecule has 0 aromatic heterocycles. The van der Waals surface area contributed by atoms with Gasteiger partial charge >= 0.3 is 0 Å². The maximum Gasteiger partial charge on any atom is 0.198 e. The van der Waals surface area contributed by atoms with Gasteiger partial charge in [0.05, 0.1) is 18.8 Å². The van der Waals surface area contributed by atoms with E-state index in [1.165, 1.54) is 11.1 Å². The van der Waals surface area contributed by atoms with Crippen LogP contribution in [0.15, 0.2) is 36.4 Å². The van der Waals surface area contributed by atoms with Gasteiger partial charge in [-0.2, -0.15) is 0 Å². The van der Waals surface area contributed by atoms with Crippen LogP contribution in [-0.2, 0) is 34.7 Å². The quantitative estimate of drug-likeness (QED) is 0.846. The predicted octanol–water partition coefficient (Wildman–Crippen LogP) is 4.74. The lowest BCUT2D eigenvalue weighted by Gasteiger charge is -2.39. The summed E-state index contributed by atoms with van der Waals surface area (Å²) in [6, 6.07) is 12.6. The Labute approximate surface area is 159 Å². The molecule has 2 aliphatic rings. The second kappa shape index (κ2) is 6.97. The van der Waals surface area contributed by atoms with Gasteiger partial charge in [0.15, 0.2) is 5.79 Å². The maximum atomic E-state index is 10.3. The molecule has 26 heavy (non-hydrogen) atoms. The van der Waals surface area contributed by atoms with Crippen LogP contribution in [0.5, 0.6) is 0 Å². The van der Waals surface area contributed by atoms with Crippen LogP contribution in [-0.4, -0.2) is 17.3 Å². The molecule has 0 radical (unpaired) electrons. The van der Waals surface area contributed by atoms with Crippen molar-refractivity contribution < 1.29 is 14.6 Å². The van der Waals surface area contributed by atoms with Gasteiger partial charge in [0.2, 0.25) is 0 Å². The van der Waals surface area contributed by atoms with Crippen molar-refractivity contribution in [3.63, 3.8) is 0 Å². The third-order valence-electron chi connectivity index (χ3n) is 5.55. The van der Waals surface area contributed by atoms with Crippen molar-refractivity contribution in [1.29, 1.82) is 0 Å². The number of fused-ring (bicyclic) bond motifs is 2. The first-order chi connectivity index (χ1) is 12.5. The molecule has 2 aromatic rings. The fourth-order valence-electron chi connectivity index (χ4n) is 4.20. The van der Waals surface area contributed by atoms with Crippen LogP contribution >= 0.6 is 11.6 Å². The normalized spacial score (nSPS) is 27.7. The highest BCUT2D eigenvalue weighted by Crippen LogP contribution is 2.47. The summed E-state index contributed by atoms with van der Waals surface area (Å²) in [7, 11) is 0. The summed E-state index contributed by atoms with van der Waals surface area (Å²) in [4.78, 5) is 0. The molecule has 1 saturated heterocycles. The number of aryl methyl sites for hydroxylation is 1. The Morgan fingerprint density at radius 2 is 1.88 bits per heavy atom. The summed E-state index contributed by atoms with van der Waals surface area (Å²) in [6.07, 6.45) is 2.47. The molecule has 0 saturated carbocycles. The fraction of sp³-hybridized carbons (Fsp3) is 0.455. The first-order valence-electron chi connectivity index (χ1n) is 9.39. The fourth-order valence-corrected chi connectivity index (χ4v) is 4.45. The van der Waals surface area contributed by atoms with Gasteiger partial charge in [0, 0.05) is 17.0 Å². The van der Waals surface area contributed by atoms with Gasteiger partial charge in [-0.25, -0.2) is 0 Å². The molecule has 2 heterocycles. The van der Waals surface area contributed by atoms with Crippen LogP contribution in [0, 0.1) is 0 Å². The molecular weight excluding hydrogens is 348 g/mol. The number of rotatable bonds is 3. The van der Waals surface area contributed by atoms with Crippen molar-refractivity contribution in [2.45, 2.75) is 64.1 Å². The van der Waals surface area contributed by atoms with Crippen molar-refractivity contribution in [1.82, 2.24) is 0 Å². The van der Waals surface area contributed by atoms with Gasteiger partial charge in [0.25, 0.3) is 0 Å². The standard InChI is InChI=1S/C22H25ClO3/c1-3-15-4-6-16(7-5-15)11-18-19-13-25-22(20(19)8-9-21(18)23)12-17(24)10-14(2)26-22/h4-9,14,17,24H,3,10-13H2,1-2H3. The first kappa shape index (κ1) is 18.0. The largest absolute Gasteiger partial charge is 0.393 e. The van der Waals surface area contributed by atoms with Crippen molar-refractivity contribution >= 4 is 11.6 Å². The van der Waals surface area contributed by atoms with E-state index < -0.39 is 11.9 Å². The van der Waals surface area contributed by atoms with Gasteiger partial charge in [-0.05, 0) is 54.5 Å². The lowest BCUT2D eigenvalue weighted by atomic mass is 9.89. The smallest absolute Gasteiger partial charge is 0.198 e. The average molecular weight is 373 g/mol. The summed E-state index contributed by atoms with van der Waals surface area (Å²) >= 11 is 6.56. The van der Waals surface area contributed by atoms with Gasteiger partial charge < -0.3 is 14.6 Å². The Morgan fingerprint density at radius 3 is 2.58 bits per heavy atom. The molecule has 1 N–H and O–H groups in total. The van der Waals surface area contributed by atoms with Crippen LogP contribution in [0.25, 0.3) is 0 Å². The molecule has 3 atom stereocenters. The molecule has 1 fully saturated rings. The predicted molar refractivity (Wildman–Crippen MR) is 102 cm³/mol. The monoisotopic (exact) mass is 372 g/mol. The second-order valence-corrected chi connectivity index (χ2v) is 7.87. The molecule has 2 aromatic carbocycles. The Hall–Kier alpha value is -1.39.